The van der Waals surface area contributed by atoms with E-state index in [9.17, 15) is 13.8 Å². The number of pyridine rings is 1. The number of amides is 1. The molecule has 2 atom stereocenters. The van der Waals surface area contributed by atoms with Crippen LogP contribution < -0.4 is 5.32 Å². The van der Waals surface area contributed by atoms with Gasteiger partial charge < -0.3 is 10.3 Å². The predicted molar refractivity (Wildman–Crippen MR) is 148 cm³/mol. The molecule has 0 spiro atoms. The molecule has 37 heavy (non-hydrogen) atoms. The summed E-state index contributed by atoms with van der Waals surface area (Å²) in [4.78, 5) is 38.3. The van der Waals surface area contributed by atoms with Gasteiger partial charge in [0.05, 0.1) is 17.4 Å². The van der Waals surface area contributed by atoms with Crippen molar-refractivity contribution >= 4 is 39.6 Å². The molecule has 9 heteroatoms. The third-order valence-corrected chi connectivity index (χ3v) is 9.15. The van der Waals surface area contributed by atoms with Crippen molar-refractivity contribution in [2.45, 2.75) is 38.4 Å². The van der Waals surface area contributed by atoms with Gasteiger partial charge in [0.2, 0.25) is 0 Å². The SMILES string of the molecule is CC(C)S(=O)CC1CC(=O)c2c([nH]c(-c3ccnc(NC(=O)c4cncs4)c3)c2Cc2ccccc2)C1. The Morgan fingerprint density at radius 2 is 2.03 bits per heavy atom. The van der Waals surface area contributed by atoms with Crippen LogP contribution in [-0.4, -0.2) is 41.9 Å². The summed E-state index contributed by atoms with van der Waals surface area (Å²) in [6, 6.07) is 13.8. The van der Waals surface area contributed by atoms with E-state index in [4.69, 9.17) is 0 Å². The van der Waals surface area contributed by atoms with Crippen LogP contribution in [0.2, 0.25) is 0 Å². The fraction of sp³-hybridized carbons (Fsp3) is 0.286. The van der Waals surface area contributed by atoms with E-state index in [0.29, 0.717) is 35.7 Å². The molecular formula is C28H28N4O3S2. The topological polar surface area (TPSA) is 105 Å². The van der Waals surface area contributed by atoms with Gasteiger partial charge in [0.1, 0.15) is 10.7 Å². The molecule has 0 bridgehead atoms. The second-order valence-corrected chi connectivity index (χ2v) is 12.5. The summed E-state index contributed by atoms with van der Waals surface area (Å²) in [5.74, 6) is 0.817. The zero-order valence-electron chi connectivity index (χ0n) is 20.7. The van der Waals surface area contributed by atoms with Crippen LogP contribution in [0.15, 0.2) is 60.4 Å². The van der Waals surface area contributed by atoms with Gasteiger partial charge in [-0.2, -0.15) is 0 Å². The predicted octanol–water partition coefficient (Wildman–Crippen LogP) is 5.28. The van der Waals surface area contributed by atoms with E-state index in [0.717, 1.165) is 33.6 Å². The van der Waals surface area contributed by atoms with E-state index in [1.807, 2.05) is 44.2 Å². The van der Waals surface area contributed by atoms with Gasteiger partial charge in [-0.05, 0) is 35.6 Å². The third-order valence-electron chi connectivity index (χ3n) is 6.52. The normalized spacial score (nSPS) is 16.0. The molecule has 0 aliphatic heterocycles. The Kier molecular flexibility index (Phi) is 7.43. The minimum Gasteiger partial charge on any atom is -0.358 e. The van der Waals surface area contributed by atoms with Crippen LogP contribution in [-0.2, 0) is 23.6 Å². The highest BCUT2D eigenvalue weighted by Crippen LogP contribution is 2.37. The number of carbonyl (C=O) groups excluding carboxylic acids is 2. The van der Waals surface area contributed by atoms with Crippen LogP contribution in [0.25, 0.3) is 11.3 Å². The quantitative estimate of drug-likeness (QED) is 0.321. The molecule has 5 rings (SSSR count). The number of fused-ring (bicyclic) bond motifs is 1. The maximum atomic E-state index is 13.5. The highest BCUT2D eigenvalue weighted by atomic mass is 32.2. The number of rotatable bonds is 8. The minimum atomic E-state index is -0.967. The Labute approximate surface area is 222 Å². The molecule has 3 heterocycles. The standard InChI is InChI=1S/C28H28N4O3S2/c1-17(2)37(35)15-19-11-22-26(23(33)12-19)21(10-18-6-4-3-5-7-18)27(31-22)20-8-9-30-25(13-20)32-28(34)24-14-29-16-36-24/h3-9,13-14,16-17,19,31H,10-12,15H2,1-2H3,(H,30,32,34). The lowest BCUT2D eigenvalue weighted by molar-refractivity contribution is 0.0952. The lowest BCUT2D eigenvalue weighted by Crippen LogP contribution is -2.26. The zero-order valence-corrected chi connectivity index (χ0v) is 22.3. The maximum Gasteiger partial charge on any atom is 0.268 e. The van der Waals surface area contributed by atoms with Gasteiger partial charge in [0.25, 0.3) is 5.91 Å². The van der Waals surface area contributed by atoms with E-state index in [-0.39, 0.29) is 22.9 Å². The Hall–Kier alpha value is -3.43. The first kappa shape index (κ1) is 25.2. The number of thiazole rings is 1. The molecule has 0 radical (unpaired) electrons. The van der Waals surface area contributed by atoms with Gasteiger partial charge in [0, 0.05) is 57.7 Å². The van der Waals surface area contributed by atoms with Gasteiger partial charge in [-0.15, -0.1) is 11.3 Å². The summed E-state index contributed by atoms with van der Waals surface area (Å²) in [7, 11) is -0.967. The average molecular weight is 533 g/mol. The van der Waals surface area contributed by atoms with Crippen molar-refractivity contribution in [2.24, 2.45) is 5.92 Å². The highest BCUT2D eigenvalue weighted by Gasteiger charge is 2.32. The van der Waals surface area contributed by atoms with Gasteiger partial charge >= 0.3 is 0 Å². The monoisotopic (exact) mass is 532 g/mol. The molecule has 0 saturated heterocycles. The summed E-state index contributed by atoms with van der Waals surface area (Å²) in [5, 5.41) is 2.91. The van der Waals surface area contributed by atoms with Crippen molar-refractivity contribution in [3.63, 3.8) is 0 Å². The number of benzene rings is 1. The summed E-state index contributed by atoms with van der Waals surface area (Å²) in [6.07, 6.45) is 4.86. The van der Waals surface area contributed by atoms with Crippen LogP contribution >= 0.6 is 11.3 Å². The second kappa shape index (κ2) is 10.9. The molecule has 2 N–H and O–H groups in total. The molecule has 4 aromatic rings. The van der Waals surface area contributed by atoms with Gasteiger partial charge in [0.15, 0.2) is 5.78 Å². The average Bonchev–Trinajstić information content (AvgIpc) is 3.54. The number of nitrogens with zero attached hydrogens (tertiary/aromatic N) is 2. The van der Waals surface area contributed by atoms with Crippen molar-refractivity contribution in [3.05, 3.63) is 87.6 Å². The molecule has 1 aliphatic carbocycles. The Morgan fingerprint density at radius 1 is 1.22 bits per heavy atom. The van der Waals surface area contributed by atoms with E-state index in [1.165, 1.54) is 17.5 Å². The molecule has 2 unspecified atom stereocenters. The van der Waals surface area contributed by atoms with Gasteiger partial charge in [-0.3, -0.25) is 18.8 Å². The second-order valence-electron chi connectivity index (χ2n) is 9.54. The van der Waals surface area contributed by atoms with Crippen molar-refractivity contribution in [1.82, 2.24) is 15.0 Å². The van der Waals surface area contributed by atoms with Crippen LogP contribution in [0.5, 0.6) is 0 Å². The Bertz CT molecular complexity index is 1450. The van der Waals surface area contributed by atoms with E-state index >= 15 is 0 Å². The smallest absolute Gasteiger partial charge is 0.268 e. The minimum absolute atomic E-state index is 0.0472. The lowest BCUT2D eigenvalue weighted by atomic mass is 9.84. The number of aromatic amines is 1. The lowest BCUT2D eigenvalue weighted by Gasteiger charge is -2.22. The van der Waals surface area contributed by atoms with Gasteiger partial charge in [-0.25, -0.2) is 4.98 Å². The van der Waals surface area contributed by atoms with Crippen LogP contribution in [0.1, 0.15) is 57.1 Å². The molecule has 190 valence electrons. The molecule has 3 aromatic heterocycles. The van der Waals surface area contributed by atoms with Crippen molar-refractivity contribution in [2.75, 3.05) is 11.1 Å². The van der Waals surface area contributed by atoms with Crippen LogP contribution in [0.4, 0.5) is 5.82 Å². The largest absolute Gasteiger partial charge is 0.358 e. The third kappa shape index (κ3) is 5.62. The molecular weight excluding hydrogens is 504 g/mol. The van der Waals surface area contributed by atoms with Crippen molar-refractivity contribution < 1.29 is 13.8 Å². The van der Waals surface area contributed by atoms with E-state index in [1.54, 1.807) is 11.7 Å². The van der Waals surface area contributed by atoms with Crippen LogP contribution in [0, 0.1) is 5.92 Å². The number of hydrogen-bond acceptors (Lipinski definition) is 6. The van der Waals surface area contributed by atoms with Gasteiger partial charge in [-0.1, -0.05) is 44.2 Å². The molecule has 1 aromatic carbocycles. The summed E-state index contributed by atoms with van der Waals surface area (Å²) in [6.45, 7) is 3.90. The number of aromatic nitrogens is 3. The molecule has 0 saturated carbocycles. The van der Waals surface area contributed by atoms with E-state index in [2.05, 4.69) is 32.4 Å². The first-order valence-electron chi connectivity index (χ1n) is 12.2. The fourth-order valence-corrected chi connectivity index (χ4v) is 6.34. The van der Waals surface area contributed by atoms with Crippen molar-refractivity contribution in [1.29, 1.82) is 0 Å². The number of hydrogen-bond donors (Lipinski definition) is 2. The molecule has 7 nitrogen and oxygen atoms in total. The Morgan fingerprint density at radius 3 is 2.76 bits per heavy atom. The molecule has 1 amide bonds. The number of ketones is 1. The van der Waals surface area contributed by atoms with Crippen molar-refractivity contribution in [3.8, 4) is 11.3 Å². The summed E-state index contributed by atoms with van der Waals surface area (Å²) >= 11 is 1.26. The number of nitrogens with one attached hydrogen (secondary N) is 2. The summed E-state index contributed by atoms with van der Waals surface area (Å²) in [5.41, 5.74) is 7.00. The Balaban J connectivity index is 1.51. The number of anilines is 1. The first-order chi connectivity index (χ1) is 17.9. The number of H-pyrrole nitrogens is 1. The van der Waals surface area contributed by atoms with E-state index < -0.39 is 10.8 Å². The molecule has 0 fully saturated rings. The number of Topliss-reactive ketones (excluding diaryl/α,β-unsaturated/α-hetero) is 1. The summed E-state index contributed by atoms with van der Waals surface area (Å²) < 4.78 is 12.5. The van der Waals surface area contributed by atoms with Crippen LogP contribution in [0.3, 0.4) is 0 Å². The highest BCUT2D eigenvalue weighted by molar-refractivity contribution is 7.85. The maximum absolute atomic E-state index is 13.5. The molecule has 1 aliphatic rings. The fourth-order valence-electron chi connectivity index (χ4n) is 4.74. The number of carbonyl (C=O) groups is 2. The zero-order chi connectivity index (χ0) is 25.9. The first-order valence-corrected chi connectivity index (χ1v) is 14.5.